The molecule has 1 unspecified atom stereocenters. The number of para-hydroxylation sites is 1. The number of fused-ring (bicyclic) bond motifs is 2. The van der Waals surface area contributed by atoms with E-state index < -0.39 is 42.6 Å². The number of nitrogens with one attached hydrogen (secondary N) is 2. The van der Waals surface area contributed by atoms with Crippen molar-refractivity contribution < 1.29 is 31.9 Å². The summed E-state index contributed by atoms with van der Waals surface area (Å²) in [5.41, 5.74) is -1.67. The number of benzene rings is 1. The van der Waals surface area contributed by atoms with E-state index in [1.165, 1.54) is 49.1 Å². The van der Waals surface area contributed by atoms with Crippen LogP contribution in [0.3, 0.4) is 0 Å². The van der Waals surface area contributed by atoms with Crippen LogP contribution in [0.25, 0.3) is 21.9 Å². The summed E-state index contributed by atoms with van der Waals surface area (Å²) in [7, 11) is 1.23. The van der Waals surface area contributed by atoms with Crippen LogP contribution < -0.4 is 16.3 Å². The molecule has 10 nitrogen and oxygen atoms in total. The number of alkyl halides is 3. The van der Waals surface area contributed by atoms with Gasteiger partial charge in [0.05, 0.1) is 41.5 Å². The monoisotopic (exact) mass is 547 g/mol. The van der Waals surface area contributed by atoms with E-state index in [-0.39, 0.29) is 45.2 Å². The highest BCUT2D eigenvalue weighted by atomic mass is 19.4. The van der Waals surface area contributed by atoms with Crippen LogP contribution in [0.1, 0.15) is 53.6 Å². The van der Waals surface area contributed by atoms with Crippen LogP contribution in [-0.2, 0) is 17.9 Å². The quantitative estimate of drug-likeness (QED) is 0.335. The molecule has 1 aliphatic rings. The molecule has 3 heterocycles. The largest absolute Gasteiger partial charge is 0.453 e. The van der Waals surface area contributed by atoms with Crippen molar-refractivity contribution in [2.45, 2.75) is 50.6 Å². The van der Waals surface area contributed by atoms with Gasteiger partial charge in [0.15, 0.2) is 0 Å². The molecule has 1 aliphatic carbocycles. The number of carbonyl (C=O) groups excluding carboxylic acids is 1. The Morgan fingerprint density at radius 1 is 1.26 bits per heavy atom. The molecule has 3 atom stereocenters. The number of aromatic nitrogens is 4. The average molecular weight is 548 g/mol. The number of halogens is 3. The van der Waals surface area contributed by atoms with Gasteiger partial charge < -0.3 is 20.5 Å². The summed E-state index contributed by atoms with van der Waals surface area (Å²) in [5, 5.41) is 16.0. The first-order valence-electron chi connectivity index (χ1n) is 13.6. The molecule has 39 heavy (non-hydrogen) atoms. The van der Waals surface area contributed by atoms with Crippen molar-refractivity contribution in [1.29, 1.82) is 0 Å². The number of amides is 1. The lowest BCUT2D eigenvalue weighted by Crippen LogP contribution is -2.33. The molecular weight excluding hydrogens is 517 g/mol. The predicted molar refractivity (Wildman–Crippen MR) is 138 cm³/mol. The summed E-state index contributed by atoms with van der Waals surface area (Å²) in [6, 6.07) is 5.64. The molecule has 0 bridgehead atoms. The second-order valence-corrected chi connectivity index (χ2v) is 9.44. The number of alkyl carbamates (subject to hydrolysis) is 1. The Labute approximate surface area is 224 Å². The van der Waals surface area contributed by atoms with Gasteiger partial charge in [-0.2, -0.15) is 13.2 Å². The van der Waals surface area contributed by atoms with Crippen LogP contribution in [0.5, 0.6) is 0 Å². The van der Waals surface area contributed by atoms with Gasteiger partial charge in [-0.1, -0.05) is 12.1 Å². The van der Waals surface area contributed by atoms with Crippen molar-refractivity contribution in [3.05, 3.63) is 58.1 Å². The van der Waals surface area contributed by atoms with Gasteiger partial charge in [0.1, 0.15) is 11.6 Å². The highest BCUT2D eigenvalue weighted by Gasteiger charge is 2.34. The van der Waals surface area contributed by atoms with Crippen LogP contribution in [-0.4, -0.2) is 43.5 Å². The first kappa shape index (κ1) is 22.8. The summed E-state index contributed by atoms with van der Waals surface area (Å²) in [5.74, 6) is 0.0309. The highest BCUT2D eigenvalue weighted by molar-refractivity contribution is 5.88. The first-order chi connectivity index (χ1) is 19.7. The molecule has 1 saturated carbocycles. The van der Waals surface area contributed by atoms with Crippen LogP contribution in [0.15, 0.2) is 41.3 Å². The number of hydrogen-bond donors (Lipinski definition) is 3. The van der Waals surface area contributed by atoms with E-state index in [1.807, 2.05) is 0 Å². The highest BCUT2D eigenvalue weighted by Crippen LogP contribution is 2.37. The molecule has 5 rings (SSSR count). The molecule has 0 saturated heterocycles. The Hall–Kier alpha value is -4.13. The Morgan fingerprint density at radius 2 is 2.05 bits per heavy atom. The number of carbonyl (C=O) groups is 1. The number of ether oxygens (including phenoxy) is 1. The number of aryl methyl sites for hydroxylation is 1. The van der Waals surface area contributed by atoms with Crippen molar-refractivity contribution in [3.8, 4) is 0 Å². The number of aliphatic hydroxyl groups excluding tert-OH is 1. The number of pyridine rings is 2. The minimum absolute atomic E-state index is 0.0328. The molecule has 1 aromatic carbocycles. The Kier molecular flexibility index (Phi) is 5.78. The lowest BCUT2D eigenvalue weighted by atomic mass is 10.0. The lowest BCUT2D eigenvalue weighted by molar-refractivity contribution is -0.136. The van der Waals surface area contributed by atoms with E-state index in [2.05, 4.69) is 25.3 Å². The van der Waals surface area contributed by atoms with Gasteiger partial charge in [0.2, 0.25) is 0 Å². The van der Waals surface area contributed by atoms with Crippen molar-refractivity contribution in [2.75, 3.05) is 12.4 Å². The molecule has 206 valence electrons. The Bertz CT molecular complexity index is 1740. The topological polar surface area (TPSA) is 123 Å². The zero-order valence-electron chi connectivity index (χ0n) is 23.9. The average Bonchev–Trinajstić information content (AvgIpc) is 3.47. The zero-order chi connectivity index (χ0) is 30.6. The maximum Gasteiger partial charge on any atom is 0.418 e. The molecule has 1 fully saturated rings. The first-order valence-corrected chi connectivity index (χ1v) is 12.1. The summed E-state index contributed by atoms with van der Waals surface area (Å²) in [4.78, 5) is 33.5. The standard InChI is InChI=1S/C26H27F3N6O4/c1-13(36)17-10-22(33-23-16(17)5-4-6-18(23)26(27,28)29)32-21-11-19-20(12-30-21)34(2)25(38)35(19)15-8-7-14(9-15)31-24(37)39-3/h4-6,10-15,36H,7-9H2,1-3H3,(H,31,37)(H,30,32,33)/t13?,14-,15-/m1/s1/i2D3. The fourth-order valence-electron chi connectivity index (χ4n) is 5.13. The summed E-state index contributed by atoms with van der Waals surface area (Å²) in [6.07, 6.45) is -3.93. The molecule has 3 N–H and O–H groups in total. The minimum Gasteiger partial charge on any atom is -0.453 e. The van der Waals surface area contributed by atoms with Crippen molar-refractivity contribution in [3.63, 3.8) is 0 Å². The smallest absolute Gasteiger partial charge is 0.418 e. The van der Waals surface area contributed by atoms with E-state index in [0.29, 0.717) is 23.8 Å². The Morgan fingerprint density at radius 3 is 2.74 bits per heavy atom. The summed E-state index contributed by atoms with van der Waals surface area (Å²) in [6.45, 7) is -1.40. The summed E-state index contributed by atoms with van der Waals surface area (Å²) < 4.78 is 71.8. The molecule has 1 amide bonds. The molecule has 13 heteroatoms. The van der Waals surface area contributed by atoms with E-state index in [0.717, 1.165) is 6.07 Å². The Balaban J connectivity index is 1.61. The molecule has 0 spiro atoms. The van der Waals surface area contributed by atoms with Gasteiger partial charge in [-0.25, -0.2) is 19.6 Å². The van der Waals surface area contributed by atoms with Gasteiger partial charge in [-0.3, -0.25) is 9.13 Å². The number of aliphatic hydroxyl groups is 1. The van der Waals surface area contributed by atoms with Gasteiger partial charge in [-0.05, 0) is 43.9 Å². The van der Waals surface area contributed by atoms with E-state index in [1.54, 1.807) is 0 Å². The lowest BCUT2D eigenvalue weighted by Gasteiger charge is -2.16. The third kappa shape index (κ3) is 4.89. The molecule has 4 aromatic rings. The number of rotatable bonds is 5. The maximum absolute atomic E-state index is 13.8. The number of methoxy groups -OCH3 is 1. The fraction of sp³-hybridized carbons (Fsp3) is 0.385. The van der Waals surface area contributed by atoms with Crippen molar-refractivity contribution in [1.82, 2.24) is 24.4 Å². The number of anilines is 2. The van der Waals surface area contributed by atoms with Gasteiger partial charge in [-0.15, -0.1) is 0 Å². The molecule has 0 aliphatic heterocycles. The molecule has 3 aromatic heterocycles. The normalized spacial score (nSPS) is 19.9. The second-order valence-electron chi connectivity index (χ2n) is 9.44. The number of nitrogens with zero attached hydrogens (tertiary/aromatic N) is 4. The molecule has 0 radical (unpaired) electrons. The third-order valence-corrected chi connectivity index (χ3v) is 6.92. The zero-order valence-corrected chi connectivity index (χ0v) is 20.9. The molecular formula is C26H27F3N6O4. The minimum atomic E-state index is -4.70. The van der Waals surface area contributed by atoms with Crippen LogP contribution in [0.4, 0.5) is 29.6 Å². The van der Waals surface area contributed by atoms with E-state index in [4.69, 9.17) is 4.11 Å². The third-order valence-electron chi connectivity index (χ3n) is 6.92. The van der Waals surface area contributed by atoms with Crippen LogP contribution >= 0.6 is 0 Å². The number of imidazole rings is 1. The van der Waals surface area contributed by atoms with Gasteiger partial charge in [0.25, 0.3) is 0 Å². The van der Waals surface area contributed by atoms with E-state index in [9.17, 15) is 27.9 Å². The maximum atomic E-state index is 13.8. The fourth-order valence-corrected chi connectivity index (χ4v) is 5.13. The van der Waals surface area contributed by atoms with Crippen LogP contribution in [0, 0.1) is 0 Å². The number of hydrogen-bond acceptors (Lipinski definition) is 7. The van der Waals surface area contributed by atoms with Gasteiger partial charge in [0, 0.05) is 34.6 Å². The van der Waals surface area contributed by atoms with E-state index >= 15 is 0 Å². The summed E-state index contributed by atoms with van der Waals surface area (Å²) >= 11 is 0. The van der Waals surface area contributed by atoms with Crippen molar-refractivity contribution in [2.24, 2.45) is 6.98 Å². The van der Waals surface area contributed by atoms with Crippen LogP contribution in [0.2, 0.25) is 0 Å². The SMILES string of the molecule is [2H]C([2H])([2H])n1c(=O)n([C@@H]2CC[C@@H](NC(=O)OC)C2)c2cc(Nc3cc(C(C)O)c4cccc(C(F)(F)F)c4n3)ncc21. The van der Waals surface area contributed by atoms with Crippen molar-refractivity contribution >= 4 is 39.7 Å². The second kappa shape index (κ2) is 9.88. The predicted octanol–water partition coefficient (Wildman–Crippen LogP) is 4.55. The van der Waals surface area contributed by atoms with Gasteiger partial charge >= 0.3 is 18.0 Å².